The number of fused-ring (bicyclic) bond motifs is 1. The van der Waals surface area contributed by atoms with E-state index in [0.29, 0.717) is 23.6 Å². The van der Waals surface area contributed by atoms with Crippen molar-refractivity contribution in [3.05, 3.63) is 53.3 Å². The molecule has 2 heterocycles. The fourth-order valence-corrected chi connectivity index (χ4v) is 2.45. The summed E-state index contributed by atoms with van der Waals surface area (Å²) in [6.07, 6.45) is 0. The van der Waals surface area contributed by atoms with Crippen LogP contribution in [0.1, 0.15) is 21.7 Å². The molecule has 0 fully saturated rings. The Morgan fingerprint density at radius 1 is 1.20 bits per heavy atom. The van der Waals surface area contributed by atoms with Crippen molar-refractivity contribution in [3.63, 3.8) is 0 Å². The summed E-state index contributed by atoms with van der Waals surface area (Å²) in [6.45, 7) is 2.35. The Morgan fingerprint density at radius 2 is 2.00 bits per heavy atom. The predicted molar refractivity (Wildman–Crippen MR) is 90.3 cm³/mol. The van der Waals surface area contributed by atoms with Crippen LogP contribution in [0, 0.1) is 6.92 Å². The molecule has 3 rings (SSSR count). The molecule has 0 atom stereocenters. The topological polar surface area (TPSA) is 80.8 Å². The number of rotatable bonds is 5. The number of ether oxygens (including phenoxy) is 2. The van der Waals surface area contributed by atoms with E-state index in [-0.39, 0.29) is 25.2 Å². The molecular formula is C18H19N3O4. The summed E-state index contributed by atoms with van der Waals surface area (Å²) in [6, 6.07) is 10.6. The summed E-state index contributed by atoms with van der Waals surface area (Å²) < 4.78 is 10.5. The second-order valence-corrected chi connectivity index (χ2v) is 5.77. The minimum Gasteiger partial charge on any atom is -0.454 e. The fourth-order valence-electron chi connectivity index (χ4n) is 2.45. The van der Waals surface area contributed by atoms with Gasteiger partial charge in [0.25, 0.3) is 5.91 Å². The van der Waals surface area contributed by atoms with E-state index in [1.165, 1.54) is 4.90 Å². The number of likely N-dealkylation sites (N-methyl/N-ethyl adjacent to an activating group) is 1. The number of nitrogens with zero attached hydrogens (tertiary/aromatic N) is 2. The first-order chi connectivity index (χ1) is 12.0. The van der Waals surface area contributed by atoms with Crippen molar-refractivity contribution in [1.82, 2.24) is 15.2 Å². The van der Waals surface area contributed by atoms with E-state index in [4.69, 9.17) is 9.47 Å². The largest absolute Gasteiger partial charge is 0.454 e. The van der Waals surface area contributed by atoms with E-state index in [1.807, 2.05) is 25.1 Å². The van der Waals surface area contributed by atoms with Gasteiger partial charge >= 0.3 is 0 Å². The van der Waals surface area contributed by atoms with Crippen LogP contribution < -0.4 is 14.8 Å². The molecule has 1 aliphatic heterocycles. The van der Waals surface area contributed by atoms with E-state index in [2.05, 4.69) is 10.3 Å². The van der Waals surface area contributed by atoms with Gasteiger partial charge in [-0.25, -0.2) is 0 Å². The molecular weight excluding hydrogens is 322 g/mol. The third-order valence-electron chi connectivity index (χ3n) is 3.81. The normalized spacial score (nSPS) is 11.9. The summed E-state index contributed by atoms with van der Waals surface area (Å²) in [5, 5.41) is 2.62. The van der Waals surface area contributed by atoms with Crippen LogP contribution >= 0.6 is 0 Å². The van der Waals surface area contributed by atoms with Gasteiger partial charge in [0, 0.05) is 18.3 Å². The van der Waals surface area contributed by atoms with Gasteiger partial charge < -0.3 is 19.7 Å². The molecule has 130 valence electrons. The Labute approximate surface area is 145 Å². The van der Waals surface area contributed by atoms with Crippen LogP contribution in [0.15, 0.2) is 36.4 Å². The first-order valence-electron chi connectivity index (χ1n) is 7.87. The molecule has 0 aliphatic carbocycles. The fraction of sp³-hybridized carbons (Fsp3) is 0.278. The number of amides is 2. The number of pyridine rings is 1. The number of hydrogen-bond acceptors (Lipinski definition) is 5. The Hall–Kier alpha value is -3.09. The van der Waals surface area contributed by atoms with Gasteiger partial charge in [0.2, 0.25) is 12.7 Å². The molecule has 7 heteroatoms. The molecule has 0 unspecified atom stereocenters. The number of aromatic nitrogens is 1. The summed E-state index contributed by atoms with van der Waals surface area (Å²) in [5.74, 6) is 0.603. The number of benzene rings is 1. The number of aryl methyl sites for hydroxylation is 1. The third-order valence-corrected chi connectivity index (χ3v) is 3.81. The van der Waals surface area contributed by atoms with Gasteiger partial charge in [-0.2, -0.15) is 0 Å². The number of hydrogen-bond donors (Lipinski definition) is 1. The Balaban J connectivity index is 1.53. The molecule has 25 heavy (non-hydrogen) atoms. The van der Waals surface area contributed by atoms with Crippen molar-refractivity contribution in [3.8, 4) is 11.5 Å². The molecule has 0 saturated heterocycles. The van der Waals surface area contributed by atoms with E-state index < -0.39 is 0 Å². The molecule has 1 aliphatic rings. The molecule has 0 radical (unpaired) electrons. The average Bonchev–Trinajstić information content (AvgIpc) is 3.07. The standard InChI is InChI=1S/C18H19N3O4/c1-12-4-3-5-14(20-12)10-21(2)17(22)9-19-18(23)13-6-7-15-16(8-13)25-11-24-15/h3-8H,9-11H2,1-2H3,(H,19,23). The highest BCUT2D eigenvalue weighted by atomic mass is 16.7. The lowest BCUT2D eigenvalue weighted by Crippen LogP contribution is -2.38. The summed E-state index contributed by atoms with van der Waals surface area (Å²) in [7, 11) is 1.68. The highest BCUT2D eigenvalue weighted by molar-refractivity contribution is 5.97. The Bertz CT molecular complexity index is 807. The Morgan fingerprint density at radius 3 is 2.80 bits per heavy atom. The van der Waals surface area contributed by atoms with E-state index >= 15 is 0 Å². The van der Waals surface area contributed by atoms with Gasteiger partial charge in [-0.05, 0) is 37.3 Å². The monoisotopic (exact) mass is 341 g/mol. The van der Waals surface area contributed by atoms with Crippen molar-refractivity contribution in [2.75, 3.05) is 20.4 Å². The lowest BCUT2D eigenvalue weighted by Gasteiger charge is -2.17. The molecule has 7 nitrogen and oxygen atoms in total. The van der Waals surface area contributed by atoms with Crippen molar-refractivity contribution < 1.29 is 19.1 Å². The van der Waals surface area contributed by atoms with E-state index in [1.54, 1.807) is 25.2 Å². The molecule has 1 aromatic carbocycles. The van der Waals surface area contributed by atoms with Crippen LogP contribution in [0.3, 0.4) is 0 Å². The molecule has 1 N–H and O–H groups in total. The summed E-state index contributed by atoms with van der Waals surface area (Å²) in [5.41, 5.74) is 2.12. The van der Waals surface area contributed by atoms with Gasteiger partial charge in [-0.1, -0.05) is 6.07 Å². The quantitative estimate of drug-likeness (QED) is 0.891. The van der Waals surface area contributed by atoms with Gasteiger partial charge in [0.1, 0.15) is 0 Å². The number of carbonyl (C=O) groups excluding carboxylic acids is 2. The Kier molecular flexibility index (Phi) is 4.83. The molecule has 1 aromatic heterocycles. The number of nitrogens with one attached hydrogen (secondary N) is 1. The zero-order valence-electron chi connectivity index (χ0n) is 14.1. The number of carbonyl (C=O) groups is 2. The minimum atomic E-state index is -0.339. The van der Waals surface area contributed by atoms with E-state index in [0.717, 1.165) is 11.4 Å². The lowest BCUT2D eigenvalue weighted by molar-refractivity contribution is -0.129. The van der Waals surface area contributed by atoms with Crippen molar-refractivity contribution in [1.29, 1.82) is 0 Å². The molecule has 0 bridgehead atoms. The van der Waals surface area contributed by atoms with E-state index in [9.17, 15) is 9.59 Å². The maximum Gasteiger partial charge on any atom is 0.251 e. The molecule has 2 amide bonds. The molecule has 2 aromatic rings. The van der Waals surface area contributed by atoms with Crippen molar-refractivity contribution >= 4 is 11.8 Å². The zero-order valence-corrected chi connectivity index (χ0v) is 14.1. The molecule has 0 saturated carbocycles. The van der Waals surface area contributed by atoms with Gasteiger partial charge in [0.15, 0.2) is 11.5 Å². The van der Waals surface area contributed by atoms with Gasteiger partial charge in [0.05, 0.1) is 18.8 Å². The predicted octanol–water partition coefficient (Wildman–Crippen LogP) is 1.51. The smallest absolute Gasteiger partial charge is 0.251 e. The SMILES string of the molecule is Cc1cccc(CN(C)C(=O)CNC(=O)c2ccc3c(c2)OCO3)n1. The summed E-state index contributed by atoms with van der Waals surface area (Å²) >= 11 is 0. The van der Waals surface area contributed by atoms with Crippen molar-refractivity contribution in [2.45, 2.75) is 13.5 Å². The van der Waals surface area contributed by atoms with Crippen LogP contribution in [-0.2, 0) is 11.3 Å². The maximum absolute atomic E-state index is 12.2. The van der Waals surface area contributed by atoms with Crippen LogP contribution in [0.2, 0.25) is 0 Å². The van der Waals surface area contributed by atoms with Gasteiger partial charge in [-0.15, -0.1) is 0 Å². The third kappa shape index (κ3) is 4.06. The van der Waals surface area contributed by atoms with Crippen molar-refractivity contribution in [2.24, 2.45) is 0 Å². The highest BCUT2D eigenvalue weighted by Gasteiger charge is 2.17. The highest BCUT2D eigenvalue weighted by Crippen LogP contribution is 2.32. The lowest BCUT2D eigenvalue weighted by atomic mass is 10.2. The second-order valence-electron chi connectivity index (χ2n) is 5.77. The minimum absolute atomic E-state index is 0.0877. The van der Waals surface area contributed by atoms with Crippen LogP contribution in [0.25, 0.3) is 0 Å². The molecule has 0 spiro atoms. The maximum atomic E-state index is 12.2. The zero-order chi connectivity index (χ0) is 17.8. The second kappa shape index (κ2) is 7.21. The average molecular weight is 341 g/mol. The van der Waals surface area contributed by atoms with Gasteiger partial charge in [-0.3, -0.25) is 14.6 Å². The first kappa shape index (κ1) is 16.8. The van der Waals surface area contributed by atoms with Crippen LogP contribution in [0.5, 0.6) is 11.5 Å². The van der Waals surface area contributed by atoms with Crippen LogP contribution in [-0.4, -0.2) is 42.1 Å². The summed E-state index contributed by atoms with van der Waals surface area (Å²) in [4.78, 5) is 30.3. The first-order valence-corrected chi connectivity index (χ1v) is 7.87. The van der Waals surface area contributed by atoms with Crippen LogP contribution in [0.4, 0.5) is 0 Å².